The topological polar surface area (TPSA) is 38.0 Å². The smallest absolute Gasteiger partial charge is 0.183 e. The van der Waals surface area contributed by atoms with Gasteiger partial charge >= 0.3 is 0 Å². The first-order valence-corrected chi connectivity index (χ1v) is 5.69. The van der Waals surface area contributed by atoms with E-state index in [0.29, 0.717) is 0 Å². The molecule has 0 amide bonds. The number of benzene rings is 1. The number of nitrogens with one attached hydrogen (secondary N) is 1. The van der Waals surface area contributed by atoms with E-state index in [9.17, 15) is 8.78 Å². The van der Waals surface area contributed by atoms with Crippen LogP contribution in [0.15, 0.2) is 12.1 Å². The third-order valence-electron chi connectivity index (χ3n) is 4.44. The van der Waals surface area contributed by atoms with Crippen LogP contribution in [0.3, 0.4) is 0 Å². The molecule has 2 rings (SSSR count). The van der Waals surface area contributed by atoms with Gasteiger partial charge in [-0.05, 0) is 23.0 Å². The van der Waals surface area contributed by atoms with Crippen molar-refractivity contribution in [2.45, 2.75) is 33.7 Å². The monoisotopic (exact) mass is 240 g/mol. The molecule has 1 aliphatic rings. The molecule has 17 heavy (non-hydrogen) atoms. The van der Waals surface area contributed by atoms with Crippen molar-refractivity contribution in [2.24, 2.45) is 10.8 Å². The molecule has 0 saturated heterocycles. The molecule has 1 fully saturated rings. The van der Waals surface area contributed by atoms with Gasteiger partial charge in [0.15, 0.2) is 11.6 Å². The highest BCUT2D eigenvalue weighted by Gasteiger charge is 2.65. The Balaban J connectivity index is 2.31. The molecule has 0 radical (unpaired) electrons. The van der Waals surface area contributed by atoms with Crippen LogP contribution in [0.2, 0.25) is 0 Å². The average Bonchev–Trinajstić information content (AvgIpc) is 2.60. The predicted molar refractivity (Wildman–Crippen MR) is 65.7 cm³/mol. The van der Waals surface area contributed by atoms with Crippen LogP contribution in [-0.2, 0) is 0 Å². The highest BCUT2D eigenvalue weighted by molar-refractivity contribution is 5.68. The van der Waals surface area contributed by atoms with Gasteiger partial charge in [0, 0.05) is 6.04 Å². The van der Waals surface area contributed by atoms with Crippen LogP contribution in [0, 0.1) is 22.5 Å². The predicted octanol–water partition coefficient (Wildman–Crippen LogP) is 3.39. The van der Waals surface area contributed by atoms with Gasteiger partial charge in [-0.25, -0.2) is 8.78 Å². The maximum absolute atomic E-state index is 13.6. The quantitative estimate of drug-likeness (QED) is 0.777. The average molecular weight is 240 g/mol. The third kappa shape index (κ3) is 1.58. The van der Waals surface area contributed by atoms with E-state index >= 15 is 0 Å². The standard InChI is InChI=1S/C13H18F2N2/c1-12(2)11(13(12,3)4)17-10-8(16)6-5-7(14)9(10)15/h5-6,11,17H,16H2,1-4H3. The molecule has 1 saturated carbocycles. The number of nitrogens with two attached hydrogens (primary N) is 1. The second-order valence-electron chi connectivity index (χ2n) is 5.85. The van der Waals surface area contributed by atoms with Crippen molar-refractivity contribution in [1.82, 2.24) is 0 Å². The number of anilines is 2. The van der Waals surface area contributed by atoms with Crippen molar-refractivity contribution in [3.8, 4) is 0 Å². The molecule has 4 heteroatoms. The summed E-state index contributed by atoms with van der Waals surface area (Å²) in [6, 6.07) is 2.51. The first-order chi connectivity index (χ1) is 7.69. The van der Waals surface area contributed by atoms with E-state index in [1.54, 1.807) is 0 Å². The highest BCUT2D eigenvalue weighted by atomic mass is 19.2. The van der Waals surface area contributed by atoms with E-state index < -0.39 is 11.6 Å². The largest absolute Gasteiger partial charge is 0.397 e. The molecular weight excluding hydrogens is 222 g/mol. The summed E-state index contributed by atoms with van der Waals surface area (Å²) in [5.74, 6) is -1.78. The summed E-state index contributed by atoms with van der Waals surface area (Å²) in [4.78, 5) is 0. The van der Waals surface area contributed by atoms with E-state index in [1.807, 2.05) is 0 Å². The molecule has 0 bridgehead atoms. The van der Waals surface area contributed by atoms with Crippen LogP contribution in [-0.4, -0.2) is 6.04 Å². The molecule has 0 spiro atoms. The Kier molecular flexibility index (Phi) is 2.39. The fourth-order valence-electron chi connectivity index (χ4n) is 2.41. The Morgan fingerprint density at radius 1 is 1.12 bits per heavy atom. The van der Waals surface area contributed by atoms with Crippen molar-refractivity contribution in [3.05, 3.63) is 23.8 Å². The van der Waals surface area contributed by atoms with Crippen LogP contribution in [0.5, 0.6) is 0 Å². The minimum atomic E-state index is -0.900. The van der Waals surface area contributed by atoms with Gasteiger partial charge in [0.2, 0.25) is 0 Å². The lowest BCUT2D eigenvalue weighted by molar-refractivity contribution is 0.457. The van der Waals surface area contributed by atoms with Crippen molar-refractivity contribution in [2.75, 3.05) is 11.1 Å². The van der Waals surface area contributed by atoms with Gasteiger partial charge in [-0.15, -0.1) is 0 Å². The molecule has 1 aromatic rings. The maximum Gasteiger partial charge on any atom is 0.183 e. The van der Waals surface area contributed by atoms with Crippen LogP contribution in [0.25, 0.3) is 0 Å². The zero-order valence-electron chi connectivity index (χ0n) is 10.6. The van der Waals surface area contributed by atoms with Crippen LogP contribution in [0.1, 0.15) is 27.7 Å². The lowest BCUT2D eigenvalue weighted by Gasteiger charge is -2.12. The number of nitrogen functional groups attached to an aromatic ring is 1. The molecule has 3 N–H and O–H groups in total. The number of halogens is 2. The first-order valence-electron chi connectivity index (χ1n) is 5.69. The van der Waals surface area contributed by atoms with E-state index in [0.717, 1.165) is 6.07 Å². The maximum atomic E-state index is 13.6. The Bertz CT molecular complexity index is 453. The van der Waals surface area contributed by atoms with Gasteiger partial charge in [-0.3, -0.25) is 0 Å². The molecular formula is C13H18F2N2. The second kappa shape index (κ2) is 3.34. The highest BCUT2D eigenvalue weighted by Crippen LogP contribution is 2.64. The Hall–Kier alpha value is -1.32. The van der Waals surface area contributed by atoms with E-state index in [1.165, 1.54) is 6.07 Å². The van der Waals surface area contributed by atoms with Gasteiger partial charge in [0.05, 0.1) is 11.4 Å². The van der Waals surface area contributed by atoms with Gasteiger partial charge in [-0.1, -0.05) is 27.7 Å². The summed E-state index contributed by atoms with van der Waals surface area (Å²) in [7, 11) is 0. The lowest BCUT2D eigenvalue weighted by atomic mass is 10.0. The summed E-state index contributed by atoms with van der Waals surface area (Å²) >= 11 is 0. The normalized spacial score (nSPS) is 21.3. The molecule has 0 atom stereocenters. The zero-order chi connectivity index (χ0) is 13.0. The Morgan fingerprint density at radius 2 is 1.65 bits per heavy atom. The summed E-state index contributed by atoms with van der Waals surface area (Å²) in [5.41, 5.74) is 6.07. The van der Waals surface area contributed by atoms with Gasteiger partial charge < -0.3 is 11.1 Å². The molecule has 0 unspecified atom stereocenters. The van der Waals surface area contributed by atoms with Gasteiger partial charge in [-0.2, -0.15) is 0 Å². The number of hydrogen-bond donors (Lipinski definition) is 2. The first kappa shape index (κ1) is 12.1. The zero-order valence-corrected chi connectivity index (χ0v) is 10.6. The number of rotatable bonds is 2. The Morgan fingerprint density at radius 3 is 2.12 bits per heavy atom. The minimum Gasteiger partial charge on any atom is -0.397 e. The number of hydrogen-bond acceptors (Lipinski definition) is 2. The second-order valence-corrected chi connectivity index (χ2v) is 5.85. The molecule has 0 aliphatic heterocycles. The van der Waals surface area contributed by atoms with Crippen molar-refractivity contribution >= 4 is 11.4 Å². The fraction of sp³-hybridized carbons (Fsp3) is 0.538. The summed E-state index contributed by atoms with van der Waals surface area (Å²) < 4.78 is 26.8. The molecule has 1 aromatic carbocycles. The van der Waals surface area contributed by atoms with Crippen molar-refractivity contribution in [3.63, 3.8) is 0 Å². The molecule has 0 heterocycles. The van der Waals surface area contributed by atoms with Crippen LogP contribution < -0.4 is 11.1 Å². The molecule has 1 aliphatic carbocycles. The summed E-state index contributed by atoms with van der Waals surface area (Å²) in [6.45, 7) is 8.38. The lowest BCUT2D eigenvalue weighted by Crippen LogP contribution is -2.13. The van der Waals surface area contributed by atoms with Crippen molar-refractivity contribution < 1.29 is 8.78 Å². The third-order valence-corrected chi connectivity index (χ3v) is 4.44. The van der Waals surface area contributed by atoms with Gasteiger partial charge in [0.1, 0.15) is 0 Å². The Labute approximate surface area is 100 Å². The van der Waals surface area contributed by atoms with Crippen LogP contribution >= 0.6 is 0 Å². The molecule has 94 valence electrons. The summed E-state index contributed by atoms with van der Waals surface area (Å²) in [6.07, 6.45) is 0. The summed E-state index contributed by atoms with van der Waals surface area (Å²) in [5, 5.41) is 3.03. The van der Waals surface area contributed by atoms with E-state index in [4.69, 9.17) is 5.73 Å². The fourth-order valence-corrected chi connectivity index (χ4v) is 2.41. The molecule has 2 nitrogen and oxygen atoms in total. The van der Waals surface area contributed by atoms with Gasteiger partial charge in [0.25, 0.3) is 0 Å². The molecule has 0 aromatic heterocycles. The SMILES string of the molecule is CC1(C)C(Nc2c(N)ccc(F)c2F)C1(C)C. The van der Waals surface area contributed by atoms with Crippen molar-refractivity contribution in [1.29, 1.82) is 0 Å². The van der Waals surface area contributed by atoms with Crippen LogP contribution in [0.4, 0.5) is 20.2 Å². The minimum absolute atomic E-state index is 0.0399. The van der Waals surface area contributed by atoms with E-state index in [-0.39, 0.29) is 28.2 Å². The van der Waals surface area contributed by atoms with E-state index in [2.05, 4.69) is 33.0 Å².